The molecule has 17 heavy (non-hydrogen) atoms. The van der Waals surface area contributed by atoms with Gasteiger partial charge in [-0.05, 0) is 20.8 Å². The molecule has 0 aromatic heterocycles. The van der Waals surface area contributed by atoms with Gasteiger partial charge in [0.25, 0.3) is 0 Å². The van der Waals surface area contributed by atoms with Gasteiger partial charge in [0.1, 0.15) is 0 Å². The molecule has 100 valence electrons. The number of urea groups is 1. The molecule has 0 saturated heterocycles. The average Bonchev–Trinajstić information content (AvgIpc) is 2.28. The zero-order chi connectivity index (χ0) is 13.6. The Bertz CT molecular complexity index is 279. The molecule has 0 bridgehead atoms. The van der Waals surface area contributed by atoms with Crippen LogP contribution in [0.5, 0.6) is 0 Å². The average molecular weight is 246 g/mol. The Morgan fingerprint density at radius 2 is 1.82 bits per heavy atom. The lowest BCUT2D eigenvalue weighted by atomic mass is 10.1. The van der Waals surface area contributed by atoms with Crippen LogP contribution in [0.3, 0.4) is 0 Å². The van der Waals surface area contributed by atoms with Crippen LogP contribution in [0.4, 0.5) is 4.79 Å². The number of likely N-dealkylation sites (N-methyl/N-ethyl adjacent to an activating group) is 1. The third-order valence-corrected chi connectivity index (χ3v) is 2.83. The van der Waals surface area contributed by atoms with Gasteiger partial charge in [0.2, 0.25) is 0 Å². The van der Waals surface area contributed by atoms with Crippen molar-refractivity contribution in [3.8, 4) is 0 Å². The Kier molecular flexibility index (Phi) is 5.95. The fourth-order valence-electron chi connectivity index (χ4n) is 1.20. The second kappa shape index (κ2) is 6.44. The molecular formula is C11H22N2O4. The van der Waals surface area contributed by atoms with Gasteiger partial charge in [0.15, 0.2) is 0 Å². The highest BCUT2D eigenvalue weighted by Gasteiger charge is 2.29. The van der Waals surface area contributed by atoms with Crippen molar-refractivity contribution in [3.63, 3.8) is 0 Å². The van der Waals surface area contributed by atoms with E-state index in [4.69, 9.17) is 5.11 Å². The first-order chi connectivity index (χ1) is 7.76. The summed E-state index contributed by atoms with van der Waals surface area (Å²) >= 11 is 0. The fourth-order valence-corrected chi connectivity index (χ4v) is 1.20. The van der Waals surface area contributed by atoms with Crippen molar-refractivity contribution in [2.24, 2.45) is 0 Å². The van der Waals surface area contributed by atoms with E-state index >= 15 is 0 Å². The fraction of sp³-hybridized carbons (Fsp3) is 0.818. The molecule has 0 fully saturated rings. The SMILES string of the molecule is CCN(CCC(=O)O)C(=O)N(C)C(C)(C)CO. The van der Waals surface area contributed by atoms with Crippen LogP contribution >= 0.6 is 0 Å². The van der Waals surface area contributed by atoms with Gasteiger partial charge in [0.05, 0.1) is 18.6 Å². The number of hydrogen-bond donors (Lipinski definition) is 2. The largest absolute Gasteiger partial charge is 0.481 e. The number of hydrogen-bond acceptors (Lipinski definition) is 3. The molecule has 6 nitrogen and oxygen atoms in total. The number of rotatable bonds is 6. The summed E-state index contributed by atoms with van der Waals surface area (Å²) in [7, 11) is 1.60. The highest BCUT2D eigenvalue weighted by Crippen LogP contribution is 2.13. The van der Waals surface area contributed by atoms with Gasteiger partial charge in [-0.25, -0.2) is 4.79 Å². The number of carbonyl (C=O) groups excluding carboxylic acids is 1. The van der Waals surface area contributed by atoms with Gasteiger partial charge in [-0.3, -0.25) is 4.79 Å². The Labute approximate surface area is 102 Å². The summed E-state index contributed by atoms with van der Waals surface area (Å²) in [4.78, 5) is 25.4. The third kappa shape index (κ3) is 4.60. The van der Waals surface area contributed by atoms with E-state index in [2.05, 4.69) is 0 Å². The number of carbonyl (C=O) groups is 2. The van der Waals surface area contributed by atoms with Crippen molar-refractivity contribution in [1.29, 1.82) is 0 Å². The first kappa shape index (κ1) is 15.7. The maximum Gasteiger partial charge on any atom is 0.320 e. The van der Waals surface area contributed by atoms with E-state index in [9.17, 15) is 14.7 Å². The number of aliphatic hydroxyl groups excluding tert-OH is 1. The molecule has 2 amide bonds. The molecular weight excluding hydrogens is 224 g/mol. The predicted octanol–water partition coefficient (Wildman–Crippen LogP) is 0.606. The summed E-state index contributed by atoms with van der Waals surface area (Å²) in [6, 6.07) is -0.271. The number of carboxylic acid groups (broad SMARTS) is 1. The Balaban J connectivity index is 4.58. The molecule has 0 aromatic carbocycles. The number of aliphatic carboxylic acids is 1. The van der Waals surface area contributed by atoms with Crippen LogP contribution in [0.1, 0.15) is 27.2 Å². The number of carboxylic acids is 1. The summed E-state index contributed by atoms with van der Waals surface area (Å²) in [5.74, 6) is -0.930. The van der Waals surface area contributed by atoms with E-state index in [0.29, 0.717) is 6.54 Å². The van der Waals surface area contributed by atoms with E-state index in [1.54, 1.807) is 27.8 Å². The molecule has 0 aromatic rings. The maximum atomic E-state index is 12.0. The van der Waals surface area contributed by atoms with Crippen molar-refractivity contribution < 1.29 is 19.8 Å². The molecule has 0 aliphatic carbocycles. The standard InChI is InChI=1S/C11H22N2O4/c1-5-13(7-6-9(15)16)10(17)12(4)11(2,3)8-14/h14H,5-8H2,1-4H3,(H,15,16). The van der Waals surface area contributed by atoms with Crippen molar-refractivity contribution in [2.75, 3.05) is 26.7 Å². The molecule has 2 N–H and O–H groups in total. The van der Waals surface area contributed by atoms with Crippen molar-refractivity contribution in [1.82, 2.24) is 9.80 Å². The van der Waals surface area contributed by atoms with E-state index in [0.717, 1.165) is 0 Å². The van der Waals surface area contributed by atoms with Crippen molar-refractivity contribution in [2.45, 2.75) is 32.7 Å². The lowest BCUT2D eigenvalue weighted by molar-refractivity contribution is -0.137. The predicted molar refractivity (Wildman–Crippen MR) is 63.8 cm³/mol. The van der Waals surface area contributed by atoms with Crippen LogP contribution in [0.15, 0.2) is 0 Å². The Morgan fingerprint density at radius 1 is 1.29 bits per heavy atom. The summed E-state index contributed by atoms with van der Waals surface area (Å²) in [6.45, 7) is 5.76. The van der Waals surface area contributed by atoms with E-state index < -0.39 is 11.5 Å². The normalized spacial score (nSPS) is 11.1. The summed E-state index contributed by atoms with van der Waals surface area (Å²) < 4.78 is 0. The van der Waals surface area contributed by atoms with Crippen LogP contribution < -0.4 is 0 Å². The highest BCUT2D eigenvalue weighted by molar-refractivity contribution is 5.76. The molecule has 0 heterocycles. The van der Waals surface area contributed by atoms with E-state index in [-0.39, 0.29) is 25.6 Å². The van der Waals surface area contributed by atoms with Crippen LogP contribution in [-0.4, -0.2) is 64.3 Å². The Morgan fingerprint density at radius 3 is 2.18 bits per heavy atom. The lowest BCUT2D eigenvalue weighted by Crippen LogP contribution is -2.53. The minimum absolute atomic E-state index is 0.0764. The van der Waals surface area contributed by atoms with Gasteiger partial charge in [-0.2, -0.15) is 0 Å². The summed E-state index contributed by atoms with van der Waals surface area (Å²) in [5.41, 5.74) is -0.659. The first-order valence-electron chi connectivity index (χ1n) is 5.61. The first-order valence-corrected chi connectivity index (χ1v) is 5.61. The summed E-state index contributed by atoms with van der Waals surface area (Å²) in [6.07, 6.45) is -0.0764. The monoisotopic (exact) mass is 246 g/mol. The lowest BCUT2D eigenvalue weighted by Gasteiger charge is -2.37. The molecule has 0 aliphatic rings. The Hall–Kier alpha value is -1.30. The molecule has 0 radical (unpaired) electrons. The maximum absolute atomic E-state index is 12.0. The zero-order valence-corrected chi connectivity index (χ0v) is 10.9. The van der Waals surface area contributed by atoms with Crippen LogP contribution in [0.25, 0.3) is 0 Å². The minimum Gasteiger partial charge on any atom is -0.481 e. The number of aliphatic hydroxyl groups is 1. The molecule has 0 rings (SSSR count). The van der Waals surface area contributed by atoms with Crippen molar-refractivity contribution >= 4 is 12.0 Å². The molecule has 6 heteroatoms. The quantitative estimate of drug-likeness (QED) is 0.719. The molecule has 0 saturated carbocycles. The molecule has 0 spiro atoms. The smallest absolute Gasteiger partial charge is 0.320 e. The van der Waals surface area contributed by atoms with Crippen molar-refractivity contribution in [3.05, 3.63) is 0 Å². The third-order valence-electron chi connectivity index (χ3n) is 2.83. The minimum atomic E-state index is -0.930. The van der Waals surface area contributed by atoms with Gasteiger partial charge in [0, 0.05) is 20.1 Å². The van der Waals surface area contributed by atoms with E-state index in [1.807, 2.05) is 0 Å². The van der Waals surface area contributed by atoms with E-state index in [1.165, 1.54) is 9.80 Å². The molecule has 0 unspecified atom stereocenters. The van der Waals surface area contributed by atoms with Gasteiger partial charge < -0.3 is 20.0 Å². The zero-order valence-electron chi connectivity index (χ0n) is 10.9. The van der Waals surface area contributed by atoms with Crippen LogP contribution in [-0.2, 0) is 4.79 Å². The topological polar surface area (TPSA) is 81.1 Å². The van der Waals surface area contributed by atoms with Crippen LogP contribution in [0, 0.1) is 0 Å². The van der Waals surface area contributed by atoms with Gasteiger partial charge in [-0.1, -0.05) is 0 Å². The number of amides is 2. The molecule has 0 atom stereocenters. The second-order valence-electron chi connectivity index (χ2n) is 4.54. The second-order valence-corrected chi connectivity index (χ2v) is 4.54. The highest BCUT2D eigenvalue weighted by atomic mass is 16.4. The molecule has 0 aliphatic heterocycles. The summed E-state index contributed by atoms with van der Waals surface area (Å²) in [5, 5.41) is 17.8. The van der Waals surface area contributed by atoms with Gasteiger partial charge >= 0.3 is 12.0 Å². The van der Waals surface area contributed by atoms with Gasteiger partial charge in [-0.15, -0.1) is 0 Å². The van der Waals surface area contributed by atoms with Crippen LogP contribution in [0.2, 0.25) is 0 Å². The number of nitrogens with zero attached hydrogens (tertiary/aromatic N) is 2.